The predicted octanol–water partition coefficient (Wildman–Crippen LogP) is 1.46. The van der Waals surface area contributed by atoms with Gasteiger partial charge in [-0.05, 0) is 26.7 Å². The van der Waals surface area contributed by atoms with E-state index in [9.17, 15) is 14.4 Å². The molecular formula is C15H26N2O3. The zero-order valence-corrected chi connectivity index (χ0v) is 12.9. The Morgan fingerprint density at radius 1 is 1.15 bits per heavy atom. The third-order valence-corrected chi connectivity index (χ3v) is 3.94. The van der Waals surface area contributed by atoms with Crippen molar-refractivity contribution >= 4 is 17.6 Å². The van der Waals surface area contributed by atoms with Gasteiger partial charge in [0, 0.05) is 32.6 Å². The molecule has 1 saturated heterocycles. The number of hydrogen-bond donors (Lipinski definition) is 0. The lowest BCUT2D eigenvalue weighted by Gasteiger charge is -2.34. The van der Waals surface area contributed by atoms with Gasteiger partial charge in [0.05, 0.1) is 12.3 Å². The molecule has 1 heterocycles. The molecule has 0 bridgehead atoms. The van der Waals surface area contributed by atoms with Crippen LogP contribution in [-0.4, -0.2) is 53.6 Å². The molecule has 1 fully saturated rings. The molecule has 20 heavy (non-hydrogen) atoms. The zero-order chi connectivity index (χ0) is 15.1. The van der Waals surface area contributed by atoms with E-state index in [1.54, 1.807) is 11.8 Å². The van der Waals surface area contributed by atoms with Crippen molar-refractivity contribution < 1.29 is 14.4 Å². The maximum absolute atomic E-state index is 12.3. The number of hydrogen-bond acceptors (Lipinski definition) is 3. The number of likely N-dealkylation sites (tertiary alicyclic amines) is 1. The molecule has 1 rings (SSSR count). The van der Waals surface area contributed by atoms with Crippen molar-refractivity contribution in [2.45, 2.75) is 46.5 Å². The smallest absolute Gasteiger partial charge is 0.230 e. The number of nitrogens with zero attached hydrogens (tertiary/aromatic N) is 2. The van der Waals surface area contributed by atoms with Gasteiger partial charge in [-0.3, -0.25) is 14.4 Å². The number of rotatable bonds is 6. The fourth-order valence-electron chi connectivity index (χ4n) is 2.60. The van der Waals surface area contributed by atoms with Crippen LogP contribution in [0.3, 0.4) is 0 Å². The van der Waals surface area contributed by atoms with E-state index in [1.807, 2.05) is 18.7 Å². The van der Waals surface area contributed by atoms with Crippen LogP contribution in [0.5, 0.6) is 0 Å². The fraction of sp³-hybridized carbons (Fsp3) is 0.800. The quantitative estimate of drug-likeness (QED) is 0.693. The van der Waals surface area contributed by atoms with Gasteiger partial charge in [-0.2, -0.15) is 0 Å². The molecule has 0 aromatic carbocycles. The second-order valence-corrected chi connectivity index (χ2v) is 5.26. The van der Waals surface area contributed by atoms with Crippen LogP contribution in [-0.2, 0) is 14.4 Å². The average molecular weight is 282 g/mol. The minimum absolute atomic E-state index is 0.0251. The molecule has 1 aliphatic heterocycles. The van der Waals surface area contributed by atoms with E-state index < -0.39 is 0 Å². The van der Waals surface area contributed by atoms with Gasteiger partial charge in [-0.1, -0.05) is 6.92 Å². The highest BCUT2D eigenvalue weighted by atomic mass is 16.2. The number of amides is 2. The molecule has 1 atom stereocenters. The molecule has 5 heteroatoms. The molecule has 114 valence electrons. The van der Waals surface area contributed by atoms with Crippen molar-refractivity contribution in [1.82, 2.24) is 9.80 Å². The minimum Gasteiger partial charge on any atom is -0.343 e. The predicted molar refractivity (Wildman–Crippen MR) is 77.1 cm³/mol. The molecule has 0 radical (unpaired) electrons. The van der Waals surface area contributed by atoms with E-state index >= 15 is 0 Å². The Hall–Kier alpha value is -1.39. The Kier molecular flexibility index (Phi) is 6.68. The van der Waals surface area contributed by atoms with Gasteiger partial charge in [0.25, 0.3) is 0 Å². The number of Topliss-reactive ketones (excluding diaryl/α,β-unsaturated/α-hetero) is 1. The van der Waals surface area contributed by atoms with Gasteiger partial charge in [-0.15, -0.1) is 0 Å². The third-order valence-electron chi connectivity index (χ3n) is 3.94. The van der Waals surface area contributed by atoms with E-state index in [0.29, 0.717) is 32.6 Å². The molecule has 0 aromatic rings. The highest BCUT2D eigenvalue weighted by Gasteiger charge is 2.30. The van der Waals surface area contributed by atoms with Crippen molar-refractivity contribution in [3.05, 3.63) is 0 Å². The van der Waals surface area contributed by atoms with Gasteiger partial charge >= 0.3 is 0 Å². The molecule has 0 aromatic heterocycles. The first-order chi connectivity index (χ1) is 9.53. The Bertz CT molecular complexity index is 364. The van der Waals surface area contributed by atoms with Gasteiger partial charge in [-0.25, -0.2) is 0 Å². The van der Waals surface area contributed by atoms with Crippen LogP contribution in [0.25, 0.3) is 0 Å². The third kappa shape index (κ3) is 4.32. The van der Waals surface area contributed by atoms with Crippen LogP contribution in [0.15, 0.2) is 0 Å². The van der Waals surface area contributed by atoms with Gasteiger partial charge in [0.1, 0.15) is 5.78 Å². The van der Waals surface area contributed by atoms with E-state index in [1.165, 1.54) is 0 Å². The van der Waals surface area contributed by atoms with Crippen molar-refractivity contribution in [2.24, 2.45) is 5.92 Å². The highest BCUT2D eigenvalue weighted by Crippen LogP contribution is 2.19. The summed E-state index contributed by atoms with van der Waals surface area (Å²) in [5.74, 6) is -0.139. The van der Waals surface area contributed by atoms with E-state index in [2.05, 4.69) is 0 Å². The maximum atomic E-state index is 12.3. The average Bonchev–Trinajstić information content (AvgIpc) is 2.48. The van der Waals surface area contributed by atoms with Crippen LogP contribution < -0.4 is 0 Å². The van der Waals surface area contributed by atoms with Crippen molar-refractivity contribution in [2.75, 3.05) is 26.2 Å². The standard InChI is InChI=1S/C15H26N2O3/c1-4-13(18)10-14(19)17-9-7-8-12(11-17)15(20)16(5-2)6-3/h12H,4-11H2,1-3H3. The summed E-state index contributed by atoms with van der Waals surface area (Å²) in [5.41, 5.74) is 0. The number of ketones is 1. The molecule has 1 unspecified atom stereocenters. The minimum atomic E-state index is -0.131. The molecule has 0 aliphatic carbocycles. The first kappa shape index (κ1) is 16.7. The van der Waals surface area contributed by atoms with Gasteiger partial charge in [0.15, 0.2) is 0 Å². The lowest BCUT2D eigenvalue weighted by atomic mass is 9.96. The highest BCUT2D eigenvalue weighted by molar-refractivity contribution is 5.98. The molecule has 1 aliphatic rings. The summed E-state index contributed by atoms with van der Waals surface area (Å²) >= 11 is 0. The number of piperidine rings is 1. The first-order valence-electron chi connectivity index (χ1n) is 7.61. The van der Waals surface area contributed by atoms with E-state index in [4.69, 9.17) is 0 Å². The number of carbonyl (C=O) groups excluding carboxylic acids is 3. The van der Waals surface area contributed by atoms with Gasteiger partial charge < -0.3 is 9.80 Å². The summed E-state index contributed by atoms with van der Waals surface area (Å²) in [4.78, 5) is 39.2. The Labute approximate surface area is 121 Å². The van der Waals surface area contributed by atoms with Crippen LogP contribution >= 0.6 is 0 Å². The van der Waals surface area contributed by atoms with Crippen LogP contribution in [0.4, 0.5) is 0 Å². The summed E-state index contributed by atoms with van der Waals surface area (Å²) in [6, 6.07) is 0. The summed E-state index contributed by atoms with van der Waals surface area (Å²) in [6.45, 7) is 8.23. The summed E-state index contributed by atoms with van der Waals surface area (Å²) in [5, 5.41) is 0. The van der Waals surface area contributed by atoms with Crippen LogP contribution in [0, 0.1) is 5.92 Å². The van der Waals surface area contributed by atoms with E-state index in [-0.39, 0.29) is 29.9 Å². The molecule has 5 nitrogen and oxygen atoms in total. The molecule has 2 amide bonds. The van der Waals surface area contributed by atoms with Gasteiger partial charge in [0.2, 0.25) is 11.8 Å². The topological polar surface area (TPSA) is 57.7 Å². The van der Waals surface area contributed by atoms with Crippen LogP contribution in [0.1, 0.15) is 46.5 Å². The van der Waals surface area contributed by atoms with E-state index in [0.717, 1.165) is 12.8 Å². The Balaban J connectivity index is 2.60. The lowest BCUT2D eigenvalue weighted by molar-refractivity contribution is -0.141. The molecule has 0 saturated carbocycles. The summed E-state index contributed by atoms with van der Waals surface area (Å²) in [6.07, 6.45) is 2.04. The monoisotopic (exact) mass is 282 g/mol. The fourth-order valence-corrected chi connectivity index (χ4v) is 2.60. The summed E-state index contributed by atoms with van der Waals surface area (Å²) < 4.78 is 0. The second-order valence-electron chi connectivity index (χ2n) is 5.26. The second kappa shape index (κ2) is 8.02. The largest absolute Gasteiger partial charge is 0.343 e. The first-order valence-corrected chi connectivity index (χ1v) is 7.61. The Morgan fingerprint density at radius 2 is 1.80 bits per heavy atom. The number of carbonyl (C=O) groups is 3. The van der Waals surface area contributed by atoms with Crippen molar-refractivity contribution in [3.63, 3.8) is 0 Å². The normalized spacial score (nSPS) is 18.8. The summed E-state index contributed by atoms with van der Waals surface area (Å²) in [7, 11) is 0. The SMILES string of the molecule is CCC(=O)CC(=O)N1CCCC(C(=O)N(CC)CC)C1. The zero-order valence-electron chi connectivity index (χ0n) is 12.9. The van der Waals surface area contributed by atoms with Crippen LogP contribution in [0.2, 0.25) is 0 Å². The molecular weight excluding hydrogens is 256 g/mol. The molecule has 0 spiro atoms. The maximum Gasteiger partial charge on any atom is 0.230 e. The Morgan fingerprint density at radius 3 is 2.35 bits per heavy atom. The van der Waals surface area contributed by atoms with Crippen molar-refractivity contribution in [3.8, 4) is 0 Å². The van der Waals surface area contributed by atoms with Crippen molar-refractivity contribution in [1.29, 1.82) is 0 Å². The lowest BCUT2D eigenvalue weighted by Crippen LogP contribution is -2.47. The molecule has 0 N–H and O–H groups in total.